The molecule has 0 radical (unpaired) electrons. The van der Waals surface area contributed by atoms with E-state index in [0.717, 1.165) is 48.1 Å². The van der Waals surface area contributed by atoms with Crippen LogP contribution in [-0.2, 0) is 0 Å². The summed E-state index contributed by atoms with van der Waals surface area (Å²) in [5, 5.41) is 3.69. The van der Waals surface area contributed by atoms with Gasteiger partial charge in [-0.15, -0.1) is 0 Å². The van der Waals surface area contributed by atoms with Crippen molar-refractivity contribution in [2.24, 2.45) is 0 Å². The van der Waals surface area contributed by atoms with E-state index in [1.807, 2.05) is 18.2 Å². The third-order valence-electron chi connectivity index (χ3n) is 5.71. The van der Waals surface area contributed by atoms with E-state index >= 15 is 0 Å². The molecule has 27 heavy (non-hydrogen) atoms. The number of carbonyl (C=O) groups is 1. The number of nitrogens with one attached hydrogen (secondary N) is 1. The second kappa shape index (κ2) is 8.57. The van der Waals surface area contributed by atoms with Crippen LogP contribution in [0.1, 0.15) is 62.0 Å². The lowest BCUT2D eigenvalue weighted by molar-refractivity contribution is 0.101. The molecule has 0 aliphatic carbocycles. The van der Waals surface area contributed by atoms with Crippen LogP contribution in [0.3, 0.4) is 0 Å². The molecule has 1 unspecified atom stereocenters. The van der Waals surface area contributed by atoms with Crippen molar-refractivity contribution in [3.8, 4) is 0 Å². The lowest BCUT2D eigenvalue weighted by atomic mass is 9.87. The first kappa shape index (κ1) is 20.1. The molecular weight excluding hydrogens is 400 g/mol. The van der Waals surface area contributed by atoms with Gasteiger partial charge in [-0.3, -0.25) is 9.69 Å². The fourth-order valence-electron chi connectivity index (χ4n) is 4.09. The predicted octanol–water partition coefficient (Wildman–Crippen LogP) is 6.07. The maximum absolute atomic E-state index is 12.0. The van der Waals surface area contributed by atoms with Crippen molar-refractivity contribution in [1.82, 2.24) is 4.90 Å². The molecule has 2 aromatic rings. The Bertz CT molecular complexity index is 782. The topological polar surface area (TPSA) is 32.3 Å². The van der Waals surface area contributed by atoms with Gasteiger partial charge in [0.05, 0.1) is 0 Å². The summed E-state index contributed by atoms with van der Waals surface area (Å²) in [5.74, 6) is 0.0983. The Morgan fingerprint density at radius 3 is 2.44 bits per heavy atom. The highest BCUT2D eigenvalue weighted by Gasteiger charge is 2.33. The van der Waals surface area contributed by atoms with Crippen LogP contribution in [-0.4, -0.2) is 29.3 Å². The number of rotatable bonds is 6. The highest BCUT2D eigenvalue weighted by atomic mass is 79.9. The summed E-state index contributed by atoms with van der Waals surface area (Å²) in [6.07, 6.45) is 3.23. The van der Waals surface area contributed by atoms with Gasteiger partial charge in [0.25, 0.3) is 0 Å². The Labute approximate surface area is 171 Å². The number of hydrogen-bond donors (Lipinski definition) is 1. The lowest BCUT2D eigenvalue weighted by Gasteiger charge is -2.44. The summed E-state index contributed by atoms with van der Waals surface area (Å²) >= 11 is 3.53. The molecule has 0 bridgehead atoms. The quantitative estimate of drug-likeness (QED) is 0.566. The van der Waals surface area contributed by atoms with E-state index in [4.69, 9.17) is 0 Å². The molecule has 1 aliphatic heterocycles. The smallest absolute Gasteiger partial charge is 0.161 e. The summed E-state index contributed by atoms with van der Waals surface area (Å²) in [6, 6.07) is 17.1. The van der Waals surface area contributed by atoms with Crippen LogP contribution >= 0.6 is 15.9 Å². The first-order valence-corrected chi connectivity index (χ1v) is 10.6. The van der Waals surface area contributed by atoms with Crippen LogP contribution in [0.25, 0.3) is 0 Å². The van der Waals surface area contributed by atoms with Crippen molar-refractivity contribution < 1.29 is 4.79 Å². The lowest BCUT2D eigenvalue weighted by Crippen LogP contribution is -2.48. The summed E-state index contributed by atoms with van der Waals surface area (Å²) < 4.78 is 0.992. The number of piperidine rings is 1. The number of likely N-dealkylation sites (tertiary alicyclic amines) is 1. The van der Waals surface area contributed by atoms with Gasteiger partial charge in [0.1, 0.15) is 0 Å². The summed E-state index contributed by atoms with van der Waals surface area (Å²) in [6.45, 7) is 8.29. The molecule has 1 fully saturated rings. The van der Waals surface area contributed by atoms with Crippen molar-refractivity contribution in [2.45, 2.75) is 51.6 Å². The molecule has 2 aromatic carbocycles. The minimum absolute atomic E-state index is 0.00350. The molecular formula is C23H29BrN2O. The molecule has 1 N–H and O–H groups in total. The van der Waals surface area contributed by atoms with Crippen molar-refractivity contribution in [3.63, 3.8) is 0 Å². The van der Waals surface area contributed by atoms with Crippen LogP contribution in [0.4, 0.5) is 5.69 Å². The van der Waals surface area contributed by atoms with Crippen LogP contribution in [0.15, 0.2) is 53.0 Å². The average Bonchev–Trinajstić information content (AvgIpc) is 2.64. The Hall–Kier alpha value is -1.65. The summed E-state index contributed by atoms with van der Waals surface area (Å²) in [7, 11) is 0. The second-order valence-corrected chi connectivity index (χ2v) is 8.72. The number of ketones is 1. The largest absolute Gasteiger partial charge is 0.379 e. The monoisotopic (exact) mass is 428 g/mol. The highest BCUT2D eigenvalue weighted by Crippen LogP contribution is 2.34. The fraction of sp³-hybridized carbons (Fsp3) is 0.435. The van der Waals surface area contributed by atoms with Crippen LogP contribution < -0.4 is 5.32 Å². The molecule has 0 aromatic heterocycles. The number of Topliss-reactive ketones (excluding diaryl/α,β-unsaturated/α-hetero) is 1. The van der Waals surface area contributed by atoms with E-state index in [9.17, 15) is 4.79 Å². The molecule has 0 spiro atoms. The number of anilines is 1. The standard InChI is InChI=1S/C23H29BrN2O/c1-4-22(18-8-6-5-7-9-18)26-14-12-23(3,13-15-26)25-21-16-19(24)10-11-20(21)17(2)27/h5-11,16,22,25H,4,12-15H2,1-3H3. The van der Waals surface area contributed by atoms with Gasteiger partial charge in [0, 0.05) is 40.4 Å². The normalized spacial score (nSPS) is 18.1. The molecule has 1 saturated heterocycles. The Kier molecular flexibility index (Phi) is 6.38. The number of carbonyl (C=O) groups excluding carboxylic acids is 1. The van der Waals surface area contributed by atoms with Gasteiger partial charge in [-0.1, -0.05) is 53.2 Å². The maximum Gasteiger partial charge on any atom is 0.161 e. The first-order valence-electron chi connectivity index (χ1n) is 9.79. The van der Waals surface area contributed by atoms with Gasteiger partial charge in [0.2, 0.25) is 0 Å². The van der Waals surface area contributed by atoms with E-state index in [1.165, 1.54) is 5.56 Å². The molecule has 3 nitrogen and oxygen atoms in total. The first-order chi connectivity index (χ1) is 12.9. The minimum atomic E-state index is -0.00350. The fourth-order valence-corrected chi connectivity index (χ4v) is 4.45. The van der Waals surface area contributed by atoms with Gasteiger partial charge < -0.3 is 5.32 Å². The molecule has 0 amide bonds. The zero-order valence-corrected chi connectivity index (χ0v) is 18.1. The van der Waals surface area contributed by atoms with E-state index in [1.54, 1.807) is 6.92 Å². The molecule has 1 aliphatic rings. The molecule has 0 saturated carbocycles. The van der Waals surface area contributed by atoms with Gasteiger partial charge in [-0.2, -0.15) is 0 Å². The van der Waals surface area contributed by atoms with E-state index in [2.05, 4.69) is 70.3 Å². The van der Waals surface area contributed by atoms with Crippen molar-refractivity contribution in [2.75, 3.05) is 18.4 Å². The minimum Gasteiger partial charge on any atom is -0.379 e. The number of nitrogens with zero attached hydrogens (tertiary/aromatic N) is 1. The Morgan fingerprint density at radius 1 is 1.19 bits per heavy atom. The third kappa shape index (κ3) is 4.80. The Balaban J connectivity index is 1.71. The van der Waals surface area contributed by atoms with Crippen LogP contribution in [0, 0.1) is 0 Å². The number of halogens is 1. The van der Waals surface area contributed by atoms with E-state index in [0.29, 0.717) is 6.04 Å². The van der Waals surface area contributed by atoms with Gasteiger partial charge in [-0.25, -0.2) is 0 Å². The Morgan fingerprint density at radius 2 is 1.85 bits per heavy atom. The van der Waals surface area contributed by atoms with E-state index < -0.39 is 0 Å². The SMILES string of the molecule is CCC(c1ccccc1)N1CCC(C)(Nc2cc(Br)ccc2C(C)=O)CC1. The van der Waals surface area contributed by atoms with Gasteiger partial charge >= 0.3 is 0 Å². The third-order valence-corrected chi connectivity index (χ3v) is 6.20. The zero-order valence-electron chi connectivity index (χ0n) is 16.5. The average molecular weight is 429 g/mol. The van der Waals surface area contributed by atoms with Gasteiger partial charge in [-0.05, 0) is 56.9 Å². The molecule has 1 heterocycles. The molecule has 1 atom stereocenters. The van der Waals surface area contributed by atoms with Crippen LogP contribution in [0.2, 0.25) is 0 Å². The summed E-state index contributed by atoms with van der Waals surface area (Å²) in [5.41, 5.74) is 3.10. The highest BCUT2D eigenvalue weighted by molar-refractivity contribution is 9.10. The van der Waals surface area contributed by atoms with Crippen molar-refractivity contribution in [1.29, 1.82) is 0 Å². The molecule has 4 heteroatoms. The zero-order chi connectivity index (χ0) is 19.4. The predicted molar refractivity (Wildman–Crippen MR) is 116 cm³/mol. The summed E-state index contributed by atoms with van der Waals surface area (Å²) in [4.78, 5) is 14.6. The second-order valence-electron chi connectivity index (χ2n) is 7.80. The number of hydrogen-bond acceptors (Lipinski definition) is 3. The molecule has 144 valence electrons. The molecule has 3 rings (SSSR count). The van der Waals surface area contributed by atoms with Crippen LogP contribution in [0.5, 0.6) is 0 Å². The van der Waals surface area contributed by atoms with Crippen molar-refractivity contribution in [3.05, 3.63) is 64.1 Å². The van der Waals surface area contributed by atoms with Crippen molar-refractivity contribution >= 4 is 27.4 Å². The maximum atomic E-state index is 12.0. The number of benzene rings is 2. The van der Waals surface area contributed by atoms with E-state index in [-0.39, 0.29) is 11.3 Å². The van der Waals surface area contributed by atoms with Gasteiger partial charge in [0.15, 0.2) is 5.78 Å².